The Kier molecular flexibility index (Phi) is 6.83. The molecule has 1 aromatic carbocycles. The number of rotatable bonds is 7. The van der Waals surface area contributed by atoms with E-state index in [0.717, 1.165) is 18.9 Å². The Balaban J connectivity index is 1.43. The van der Waals surface area contributed by atoms with Crippen LogP contribution in [0.4, 0.5) is 17.2 Å². The summed E-state index contributed by atoms with van der Waals surface area (Å²) in [6.07, 6.45) is 1.75. The second kappa shape index (κ2) is 9.95. The van der Waals surface area contributed by atoms with Crippen molar-refractivity contribution in [2.24, 2.45) is 5.92 Å². The molecule has 2 fully saturated rings. The van der Waals surface area contributed by atoms with Gasteiger partial charge >= 0.3 is 0 Å². The van der Waals surface area contributed by atoms with Crippen LogP contribution in [0.15, 0.2) is 30.5 Å². The van der Waals surface area contributed by atoms with Crippen molar-refractivity contribution in [2.45, 2.75) is 6.42 Å². The highest BCUT2D eigenvalue weighted by atomic mass is 16.5. The van der Waals surface area contributed by atoms with Gasteiger partial charge in [-0.2, -0.15) is 0 Å². The van der Waals surface area contributed by atoms with Crippen LogP contribution in [0.5, 0.6) is 17.2 Å². The fraction of sp³-hybridized carbons (Fsp3) is 0.435. The molecule has 2 aromatic rings. The van der Waals surface area contributed by atoms with Crippen LogP contribution in [0.2, 0.25) is 0 Å². The summed E-state index contributed by atoms with van der Waals surface area (Å²) in [5.74, 6) is 1.32. The van der Waals surface area contributed by atoms with Crippen LogP contribution in [0, 0.1) is 5.92 Å². The Morgan fingerprint density at radius 2 is 1.79 bits per heavy atom. The molecule has 2 saturated heterocycles. The van der Waals surface area contributed by atoms with Crippen molar-refractivity contribution in [3.63, 3.8) is 0 Å². The predicted octanol–water partition coefficient (Wildman–Crippen LogP) is 1.94. The molecule has 2 amide bonds. The van der Waals surface area contributed by atoms with E-state index in [1.165, 1.54) is 21.3 Å². The number of carbonyl (C=O) groups excluding carboxylic acids is 2. The second-order valence-electron chi connectivity index (χ2n) is 7.78. The van der Waals surface area contributed by atoms with Crippen molar-refractivity contribution < 1.29 is 28.5 Å². The first kappa shape index (κ1) is 22.7. The summed E-state index contributed by atoms with van der Waals surface area (Å²) in [7, 11) is 4.55. The molecule has 10 heteroatoms. The summed E-state index contributed by atoms with van der Waals surface area (Å²) in [6.45, 7) is 3.19. The number of morpholine rings is 1. The number of amides is 2. The number of hydrogen-bond acceptors (Lipinski definition) is 8. The van der Waals surface area contributed by atoms with Crippen molar-refractivity contribution in [3.05, 3.63) is 30.5 Å². The molecule has 0 spiro atoms. The summed E-state index contributed by atoms with van der Waals surface area (Å²) in [6, 6.07) is 7.11. The number of benzene rings is 1. The molecule has 3 heterocycles. The average Bonchev–Trinajstić information content (AvgIpc) is 3.25. The molecule has 176 valence electrons. The molecule has 1 aromatic heterocycles. The summed E-state index contributed by atoms with van der Waals surface area (Å²) >= 11 is 0. The van der Waals surface area contributed by atoms with Gasteiger partial charge < -0.3 is 34.1 Å². The Bertz CT molecular complexity index is 982. The highest BCUT2D eigenvalue weighted by molar-refractivity contribution is 6.03. The summed E-state index contributed by atoms with van der Waals surface area (Å²) in [5, 5.41) is 2.88. The largest absolute Gasteiger partial charge is 0.493 e. The van der Waals surface area contributed by atoms with Crippen LogP contribution >= 0.6 is 0 Å². The first-order valence-corrected chi connectivity index (χ1v) is 10.7. The fourth-order valence-corrected chi connectivity index (χ4v) is 4.04. The lowest BCUT2D eigenvalue weighted by Gasteiger charge is -2.27. The molecule has 0 saturated carbocycles. The first-order chi connectivity index (χ1) is 16.0. The molecule has 2 aliphatic rings. The lowest BCUT2D eigenvalue weighted by Crippen LogP contribution is -2.36. The predicted molar refractivity (Wildman–Crippen MR) is 122 cm³/mol. The quantitative estimate of drug-likeness (QED) is 0.674. The van der Waals surface area contributed by atoms with Gasteiger partial charge in [0.25, 0.3) is 0 Å². The van der Waals surface area contributed by atoms with Crippen molar-refractivity contribution in [1.82, 2.24) is 4.98 Å². The third-order valence-corrected chi connectivity index (χ3v) is 5.81. The van der Waals surface area contributed by atoms with Gasteiger partial charge in [0.1, 0.15) is 5.82 Å². The molecule has 0 aliphatic carbocycles. The van der Waals surface area contributed by atoms with Gasteiger partial charge in [0.15, 0.2) is 11.5 Å². The van der Waals surface area contributed by atoms with E-state index in [1.807, 2.05) is 12.1 Å². The molecule has 1 unspecified atom stereocenters. The zero-order valence-corrected chi connectivity index (χ0v) is 19.0. The fourth-order valence-electron chi connectivity index (χ4n) is 4.04. The van der Waals surface area contributed by atoms with Crippen LogP contribution in [0.1, 0.15) is 6.42 Å². The lowest BCUT2D eigenvalue weighted by molar-refractivity contribution is -0.122. The van der Waals surface area contributed by atoms with Crippen molar-refractivity contribution in [3.8, 4) is 17.2 Å². The monoisotopic (exact) mass is 456 g/mol. The average molecular weight is 456 g/mol. The minimum absolute atomic E-state index is 0.113. The Hall–Kier alpha value is -3.53. The maximum Gasteiger partial charge on any atom is 0.229 e. The smallest absolute Gasteiger partial charge is 0.229 e. The number of ether oxygens (including phenoxy) is 4. The van der Waals surface area contributed by atoms with Gasteiger partial charge in [-0.15, -0.1) is 0 Å². The number of nitrogens with one attached hydrogen (secondary N) is 1. The van der Waals surface area contributed by atoms with E-state index >= 15 is 0 Å². The molecule has 1 atom stereocenters. The van der Waals surface area contributed by atoms with E-state index < -0.39 is 5.92 Å². The van der Waals surface area contributed by atoms with E-state index in [-0.39, 0.29) is 24.8 Å². The van der Waals surface area contributed by atoms with Gasteiger partial charge in [0.05, 0.1) is 58.0 Å². The number of nitrogens with zero attached hydrogens (tertiary/aromatic N) is 3. The number of carbonyl (C=O) groups is 2. The molecule has 1 N–H and O–H groups in total. The molecule has 10 nitrogen and oxygen atoms in total. The number of anilines is 3. The minimum atomic E-state index is -0.490. The molecular formula is C23H28N4O6. The maximum atomic E-state index is 12.9. The van der Waals surface area contributed by atoms with Crippen molar-refractivity contribution >= 4 is 29.0 Å². The summed E-state index contributed by atoms with van der Waals surface area (Å²) < 4.78 is 21.5. The van der Waals surface area contributed by atoms with Gasteiger partial charge in [-0.1, -0.05) is 0 Å². The standard InChI is InChI=1S/C23H28N4O6/c1-30-18-11-17(12-19(31-2)22(18)32-3)27-14-15(10-21(27)28)23(29)25-16-4-5-20(24-13-16)26-6-8-33-9-7-26/h4-5,11-13,15H,6-10,14H2,1-3H3,(H,25,29). The zero-order chi connectivity index (χ0) is 23.4. The van der Waals surface area contributed by atoms with Crippen LogP contribution in [-0.4, -0.2) is 71.0 Å². The van der Waals surface area contributed by atoms with Gasteiger partial charge in [-0.05, 0) is 12.1 Å². The van der Waals surface area contributed by atoms with Crippen LogP contribution in [0.3, 0.4) is 0 Å². The zero-order valence-electron chi connectivity index (χ0n) is 19.0. The van der Waals surface area contributed by atoms with E-state index in [2.05, 4.69) is 15.2 Å². The van der Waals surface area contributed by atoms with Crippen LogP contribution in [-0.2, 0) is 14.3 Å². The minimum Gasteiger partial charge on any atom is -0.493 e. The van der Waals surface area contributed by atoms with E-state index in [0.29, 0.717) is 41.8 Å². The number of hydrogen-bond donors (Lipinski definition) is 1. The first-order valence-electron chi connectivity index (χ1n) is 10.7. The molecule has 4 rings (SSSR count). The Morgan fingerprint density at radius 3 is 2.36 bits per heavy atom. The van der Waals surface area contributed by atoms with Crippen molar-refractivity contribution in [2.75, 3.05) is 69.3 Å². The summed E-state index contributed by atoms with van der Waals surface area (Å²) in [5.41, 5.74) is 1.18. The second-order valence-corrected chi connectivity index (χ2v) is 7.78. The van der Waals surface area contributed by atoms with E-state index in [9.17, 15) is 9.59 Å². The van der Waals surface area contributed by atoms with Gasteiger partial charge in [-0.3, -0.25) is 9.59 Å². The van der Waals surface area contributed by atoms with Crippen LogP contribution < -0.4 is 29.3 Å². The number of pyridine rings is 1. The summed E-state index contributed by atoms with van der Waals surface area (Å²) in [4.78, 5) is 33.7. The molecule has 0 radical (unpaired) electrons. The SMILES string of the molecule is COc1cc(N2CC(C(=O)Nc3ccc(N4CCOCC4)nc3)CC2=O)cc(OC)c1OC. The maximum absolute atomic E-state index is 12.9. The van der Waals surface area contributed by atoms with Gasteiger partial charge in [0, 0.05) is 38.2 Å². The number of aromatic nitrogens is 1. The molecule has 0 bridgehead atoms. The van der Waals surface area contributed by atoms with E-state index in [1.54, 1.807) is 23.2 Å². The van der Waals surface area contributed by atoms with Crippen molar-refractivity contribution in [1.29, 1.82) is 0 Å². The van der Waals surface area contributed by atoms with Gasteiger partial charge in [0.2, 0.25) is 17.6 Å². The van der Waals surface area contributed by atoms with Gasteiger partial charge in [-0.25, -0.2) is 4.98 Å². The third kappa shape index (κ3) is 4.80. The Labute approximate surface area is 192 Å². The van der Waals surface area contributed by atoms with Crippen LogP contribution in [0.25, 0.3) is 0 Å². The topological polar surface area (TPSA) is 102 Å². The third-order valence-electron chi connectivity index (χ3n) is 5.81. The van der Waals surface area contributed by atoms with E-state index in [4.69, 9.17) is 18.9 Å². The molecular weight excluding hydrogens is 428 g/mol. The normalized spacial score (nSPS) is 18.3. The molecule has 33 heavy (non-hydrogen) atoms. The highest BCUT2D eigenvalue weighted by Crippen LogP contribution is 2.42. The lowest BCUT2D eigenvalue weighted by atomic mass is 10.1. The molecule has 2 aliphatic heterocycles. The Morgan fingerprint density at radius 1 is 1.09 bits per heavy atom. The highest BCUT2D eigenvalue weighted by Gasteiger charge is 2.36. The number of methoxy groups -OCH3 is 3.